The summed E-state index contributed by atoms with van der Waals surface area (Å²) in [6.07, 6.45) is 0. The van der Waals surface area contributed by atoms with Gasteiger partial charge < -0.3 is 11.1 Å². The molecule has 110 valence electrons. The van der Waals surface area contributed by atoms with Crippen molar-refractivity contribution in [2.75, 3.05) is 5.32 Å². The minimum absolute atomic E-state index is 0.0361. The van der Waals surface area contributed by atoms with Crippen molar-refractivity contribution in [2.45, 2.75) is 0 Å². The molecule has 0 aromatic heterocycles. The van der Waals surface area contributed by atoms with Crippen molar-refractivity contribution in [3.63, 3.8) is 0 Å². The van der Waals surface area contributed by atoms with Gasteiger partial charge in [-0.2, -0.15) is 0 Å². The third-order valence-electron chi connectivity index (χ3n) is 2.61. The summed E-state index contributed by atoms with van der Waals surface area (Å²) in [4.78, 5) is 0.0603. The number of hydrogen-bond donors (Lipinski definition) is 2. The highest BCUT2D eigenvalue weighted by molar-refractivity contribution is 9.10. The Labute approximate surface area is 143 Å². The number of halogens is 5. The minimum atomic E-state index is -0.614. The van der Waals surface area contributed by atoms with Crippen LogP contribution in [0.3, 0.4) is 0 Å². The van der Waals surface area contributed by atoms with E-state index in [1.54, 1.807) is 6.07 Å². The monoisotopic (exact) mass is 410 g/mol. The van der Waals surface area contributed by atoms with Crippen molar-refractivity contribution < 1.29 is 8.78 Å². The average molecular weight is 412 g/mol. The van der Waals surface area contributed by atoms with E-state index in [4.69, 9.17) is 41.2 Å². The predicted molar refractivity (Wildman–Crippen MR) is 89.7 cm³/mol. The fraction of sp³-hybridized carbons (Fsp3) is 0. The maximum absolute atomic E-state index is 14.3. The Morgan fingerprint density at radius 3 is 2.29 bits per heavy atom. The van der Waals surface area contributed by atoms with Gasteiger partial charge >= 0.3 is 0 Å². The lowest BCUT2D eigenvalue weighted by Gasteiger charge is -2.13. The van der Waals surface area contributed by atoms with Gasteiger partial charge in [-0.3, -0.25) is 0 Å². The van der Waals surface area contributed by atoms with Crippen LogP contribution in [0.4, 0.5) is 20.2 Å². The van der Waals surface area contributed by atoms with Crippen molar-refractivity contribution in [2.24, 2.45) is 5.73 Å². The van der Waals surface area contributed by atoms with Crippen LogP contribution >= 0.6 is 51.3 Å². The Balaban J connectivity index is 2.46. The van der Waals surface area contributed by atoms with Crippen molar-refractivity contribution in [1.29, 1.82) is 0 Å². The third-order valence-corrected chi connectivity index (χ3v) is 4.21. The second kappa shape index (κ2) is 6.44. The van der Waals surface area contributed by atoms with Gasteiger partial charge in [0.05, 0.1) is 25.9 Å². The second-order valence-electron chi connectivity index (χ2n) is 4.02. The molecule has 2 rings (SSSR count). The number of nitrogens with one attached hydrogen (secondary N) is 1. The quantitative estimate of drug-likeness (QED) is 0.663. The van der Waals surface area contributed by atoms with Gasteiger partial charge in [0.25, 0.3) is 0 Å². The second-order valence-corrected chi connectivity index (χ2v) is 6.07. The lowest BCUT2D eigenvalue weighted by molar-refractivity contribution is 0.624. The van der Waals surface area contributed by atoms with Crippen LogP contribution in [0.2, 0.25) is 10.0 Å². The molecule has 0 atom stereocenters. The van der Waals surface area contributed by atoms with Crippen LogP contribution in [0.25, 0.3) is 0 Å². The molecule has 2 aromatic carbocycles. The van der Waals surface area contributed by atoms with Crippen molar-refractivity contribution >= 4 is 67.7 Å². The number of rotatable bonds is 3. The fourth-order valence-corrected chi connectivity index (χ4v) is 3.05. The van der Waals surface area contributed by atoms with Crippen LogP contribution in [0.15, 0.2) is 28.7 Å². The summed E-state index contributed by atoms with van der Waals surface area (Å²) in [6, 6.07) is 5.13. The standard InChI is InChI=1S/C13H7BrCl2F2N2S/c14-10-6(13(19)21)1-2-9(11(10)18)20-12-7(15)3-5(17)4-8(12)16/h1-4,20H,(H2,19,21). The Morgan fingerprint density at radius 2 is 1.76 bits per heavy atom. The molecule has 0 amide bonds. The van der Waals surface area contributed by atoms with Crippen molar-refractivity contribution in [1.82, 2.24) is 0 Å². The van der Waals surface area contributed by atoms with Crippen LogP contribution in [0, 0.1) is 11.6 Å². The first-order valence-corrected chi connectivity index (χ1v) is 7.46. The molecule has 0 saturated carbocycles. The highest BCUT2D eigenvalue weighted by Gasteiger charge is 2.15. The summed E-state index contributed by atoms with van der Waals surface area (Å²) in [5, 5.41) is 2.80. The van der Waals surface area contributed by atoms with E-state index in [0.29, 0.717) is 5.56 Å². The Kier molecular flexibility index (Phi) is 5.03. The first-order chi connectivity index (χ1) is 9.81. The molecule has 0 aliphatic rings. The molecule has 0 heterocycles. The zero-order valence-corrected chi connectivity index (χ0v) is 14.1. The minimum Gasteiger partial charge on any atom is -0.389 e. The number of thiocarbonyl (C=S) groups is 1. The maximum atomic E-state index is 14.3. The van der Waals surface area contributed by atoms with Gasteiger partial charge in [0.2, 0.25) is 0 Å². The smallest absolute Gasteiger partial charge is 0.161 e. The largest absolute Gasteiger partial charge is 0.389 e. The predicted octanol–water partition coefficient (Wildman–Crippen LogP) is 5.41. The Morgan fingerprint density at radius 1 is 1.19 bits per heavy atom. The molecule has 2 aromatic rings. The Bertz CT molecular complexity index is 717. The lowest BCUT2D eigenvalue weighted by Crippen LogP contribution is -2.11. The third kappa shape index (κ3) is 3.45. The first kappa shape index (κ1) is 16.4. The summed E-state index contributed by atoms with van der Waals surface area (Å²) in [7, 11) is 0. The molecule has 0 saturated heterocycles. The van der Waals surface area contributed by atoms with E-state index in [1.807, 2.05) is 0 Å². The molecular formula is C13H7BrCl2F2N2S. The molecule has 21 heavy (non-hydrogen) atoms. The van der Waals surface area contributed by atoms with E-state index >= 15 is 0 Å². The zero-order chi connectivity index (χ0) is 15.7. The van der Waals surface area contributed by atoms with Crippen molar-refractivity contribution in [3.05, 3.63) is 56.0 Å². The lowest BCUT2D eigenvalue weighted by atomic mass is 10.2. The van der Waals surface area contributed by atoms with Crippen LogP contribution in [-0.4, -0.2) is 4.99 Å². The molecule has 0 fully saturated rings. The molecule has 0 radical (unpaired) electrons. The number of benzene rings is 2. The topological polar surface area (TPSA) is 38.0 Å². The van der Waals surface area contributed by atoms with Gasteiger partial charge in [-0.05, 0) is 40.2 Å². The van der Waals surface area contributed by atoms with E-state index < -0.39 is 11.6 Å². The van der Waals surface area contributed by atoms with E-state index in [-0.39, 0.29) is 30.9 Å². The van der Waals surface area contributed by atoms with Gasteiger partial charge in [0.1, 0.15) is 10.8 Å². The molecule has 0 spiro atoms. The normalized spacial score (nSPS) is 10.5. The van der Waals surface area contributed by atoms with Crippen LogP contribution in [0.1, 0.15) is 5.56 Å². The molecular weight excluding hydrogens is 405 g/mol. The van der Waals surface area contributed by atoms with Crippen LogP contribution < -0.4 is 11.1 Å². The summed E-state index contributed by atoms with van der Waals surface area (Å²) in [5.74, 6) is -1.20. The molecule has 0 aliphatic heterocycles. The zero-order valence-electron chi connectivity index (χ0n) is 10.2. The average Bonchev–Trinajstić information content (AvgIpc) is 2.38. The van der Waals surface area contributed by atoms with Gasteiger partial charge in [-0.1, -0.05) is 35.4 Å². The molecule has 3 N–H and O–H groups in total. The molecule has 0 unspecified atom stereocenters. The molecule has 8 heteroatoms. The van der Waals surface area contributed by atoms with E-state index in [1.165, 1.54) is 6.07 Å². The van der Waals surface area contributed by atoms with E-state index in [0.717, 1.165) is 12.1 Å². The molecule has 2 nitrogen and oxygen atoms in total. The van der Waals surface area contributed by atoms with Gasteiger partial charge in [0, 0.05) is 5.56 Å². The van der Waals surface area contributed by atoms with Crippen LogP contribution in [0.5, 0.6) is 0 Å². The summed E-state index contributed by atoms with van der Waals surface area (Å²) in [5.41, 5.74) is 6.14. The van der Waals surface area contributed by atoms with Crippen LogP contribution in [-0.2, 0) is 0 Å². The fourth-order valence-electron chi connectivity index (χ4n) is 1.63. The maximum Gasteiger partial charge on any atom is 0.161 e. The molecule has 0 bridgehead atoms. The van der Waals surface area contributed by atoms with E-state index in [2.05, 4.69) is 21.2 Å². The highest BCUT2D eigenvalue weighted by atomic mass is 79.9. The summed E-state index contributed by atoms with van der Waals surface area (Å²) >= 11 is 19.7. The molecule has 0 aliphatic carbocycles. The van der Waals surface area contributed by atoms with Gasteiger partial charge in [-0.25, -0.2) is 8.78 Å². The van der Waals surface area contributed by atoms with Gasteiger partial charge in [-0.15, -0.1) is 0 Å². The highest BCUT2D eigenvalue weighted by Crippen LogP contribution is 2.36. The number of hydrogen-bond acceptors (Lipinski definition) is 2. The SMILES string of the molecule is NC(=S)c1ccc(Nc2c(Cl)cc(F)cc2Cl)c(F)c1Br. The Hall–Kier alpha value is -0.950. The summed E-state index contributed by atoms with van der Waals surface area (Å²) < 4.78 is 27.5. The van der Waals surface area contributed by atoms with E-state index in [9.17, 15) is 8.78 Å². The summed E-state index contributed by atoms with van der Waals surface area (Å²) in [6.45, 7) is 0. The van der Waals surface area contributed by atoms with Crippen molar-refractivity contribution in [3.8, 4) is 0 Å². The first-order valence-electron chi connectivity index (χ1n) is 5.50. The van der Waals surface area contributed by atoms with Gasteiger partial charge in [0.15, 0.2) is 5.82 Å². The number of anilines is 2. The number of nitrogens with two attached hydrogens (primary N) is 1.